The van der Waals surface area contributed by atoms with Crippen molar-refractivity contribution in [2.45, 2.75) is 161 Å². The minimum absolute atomic E-state index is 0.0864. The smallest absolute Gasteiger partial charge is 0.463 e. The fourth-order valence-corrected chi connectivity index (χ4v) is 5.25. The van der Waals surface area contributed by atoms with Crippen LogP contribution in [-0.2, 0) is 27.9 Å². The normalized spacial score (nSPS) is 13.6. The number of ether oxygens (including phenoxy) is 1. The van der Waals surface area contributed by atoms with Crippen molar-refractivity contribution >= 4 is 19.7 Å². The van der Waals surface area contributed by atoms with E-state index in [9.17, 15) is 24.2 Å². The maximum Gasteiger partial charge on any atom is 0.472 e. The molecule has 0 radical (unpaired) electrons. The summed E-state index contributed by atoms with van der Waals surface area (Å²) < 4.78 is 26.6. The molecule has 0 rings (SSSR count). The van der Waals surface area contributed by atoms with Crippen molar-refractivity contribution < 1.29 is 37.9 Å². The summed E-state index contributed by atoms with van der Waals surface area (Å²) in [6.45, 7) is 3.50. The van der Waals surface area contributed by atoms with E-state index in [0.717, 1.165) is 38.5 Å². The highest BCUT2D eigenvalue weighted by atomic mass is 31.2. The van der Waals surface area contributed by atoms with E-state index in [-0.39, 0.29) is 32.1 Å². The number of aliphatic hydroxyl groups excluding tert-OH is 1. The molecule has 1 amide bonds. The number of carbonyl (C=O) groups is 2. The van der Waals surface area contributed by atoms with Gasteiger partial charge in [-0.05, 0) is 12.8 Å². The Morgan fingerprint density at radius 1 is 0.659 bits per heavy atom. The Hall–Kier alpha value is -0.990. The molecule has 3 N–H and O–H groups in total. The second-order valence-electron chi connectivity index (χ2n) is 11.1. The molecule has 0 saturated heterocycles. The zero-order valence-electron chi connectivity index (χ0n) is 26.3. The van der Waals surface area contributed by atoms with Gasteiger partial charge in [0.2, 0.25) is 5.91 Å². The molecule has 0 spiro atoms. The molecule has 10 heteroatoms. The Bertz CT molecular complexity index is 664. The molecule has 0 aromatic carbocycles. The van der Waals surface area contributed by atoms with Gasteiger partial charge in [-0.25, -0.2) is 4.57 Å². The predicted octanol–water partition coefficient (Wildman–Crippen LogP) is 7.76. The van der Waals surface area contributed by atoms with Gasteiger partial charge < -0.3 is 20.1 Å². The molecule has 0 fully saturated rings. The molecule has 0 aromatic heterocycles. The van der Waals surface area contributed by atoms with E-state index in [4.69, 9.17) is 13.8 Å². The molecule has 2 unspecified atom stereocenters. The van der Waals surface area contributed by atoms with Crippen molar-refractivity contribution in [1.82, 2.24) is 5.32 Å². The van der Waals surface area contributed by atoms with E-state index in [1.54, 1.807) is 0 Å². The van der Waals surface area contributed by atoms with Gasteiger partial charge in [-0.1, -0.05) is 129 Å². The van der Waals surface area contributed by atoms with Crippen LogP contribution in [0.4, 0.5) is 0 Å². The average molecular weight is 608 g/mol. The van der Waals surface area contributed by atoms with E-state index in [0.29, 0.717) is 6.42 Å². The van der Waals surface area contributed by atoms with Crippen molar-refractivity contribution in [1.29, 1.82) is 0 Å². The van der Waals surface area contributed by atoms with Crippen molar-refractivity contribution in [3.63, 3.8) is 0 Å². The Labute approximate surface area is 250 Å². The van der Waals surface area contributed by atoms with Gasteiger partial charge >= 0.3 is 13.8 Å². The van der Waals surface area contributed by atoms with E-state index in [1.807, 2.05) is 0 Å². The molecule has 0 aliphatic carbocycles. The molecule has 0 aliphatic rings. The number of amides is 1. The predicted molar refractivity (Wildman–Crippen MR) is 165 cm³/mol. The lowest BCUT2D eigenvalue weighted by Gasteiger charge is -2.15. The number of aliphatic hydroxyl groups is 1. The summed E-state index contributed by atoms with van der Waals surface area (Å²) in [7, 11) is -4.39. The van der Waals surface area contributed by atoms with Crippen molar-refractivity contribution in [3.8, 4) is 0 Å². The molecule has 9 nitrogen and oxygen atoms in total. The van der Waals surface area contributed by atoms with Gasteiger partial charge in [-0.3, -0.25) is 18.6 Å². The maximum atomic E-state index is 12.0. The van der Waals surface area contributed by atoms with Gasteiger partial charge in [0.15, 0.2) is 0 Å². The fraction of sp³-hybridized carbons (Fsp3) is 0.935. The SMILES string of the molecule is CCCCCCCCCCCCCCC(=O)OCC(O)COP(=O)(O)OCCNC(=O)CCCCCCCCCC. The van der Waals surface area contributed by atoms with Crippen LogP contribution in [-0.4, -0.2) is 54.3 Å². The van der Waals surface area contributed by atoms with Crippen LogP contribution in [0.2, 0.25) is 0 Å². The third-order valence-corrected chi connectivity index (χ3v) is 8.02. The van der Waals surface area contributed by atoms with Crippen LogP contribution < -0.4 is 5.32 Å². The summed E-state index contributed by atoms with van der Waals surface area (Å²) in [5, 5.41) is 12.6. The first-order valence-corrected chi connectivity index (χ1v) is 18.0. The van der Waals surface area contributed by atoms with Crippen molar-refractivity contribution in [2.24, 2.45) is 0 Å². The summed E-state index contributed by atoms with van der Waals surface area (Å²) in [6, 6.07) is 0. The molecule has 0 aliphatic heterocycles. The van der Waals surface area contributed by atoms with E-state index >= 15 is 0 Å². The largest absolute Gasteiger partial charge is 0.472 e. The minimum Gasteiger partial charge on any atom is -0.463 e. The molecule has 0 bridgehead atoms. The average Bonchev–Trinajstić information content (AvgIpc) is 2.95. The van der Waals surface area contributed by atoms with Gasteiger partial charge in [0.25, 0.3) is 0 Å². The number of rotatable bonds is 31. The standard InChI is InChI=1S/C31H62NO8P/c1-3-5-7-9-11-13-14-15-16-18-20-22-24-31(35)38-27-29(33)28-40-41(36,37)39-26-25-32-30(34)23-21-19-17-12-10-8-6-4-2/h29,33H,3-28H2,1-2H3,(H,32,34)(H,36,37). The van der Waals surface area contributed by atoms with Gasteiger partial charge in [0.05, 0.1) is 13.2 Å². The zero-order valence-corrected chi connectivity index (χ0v) is 27.1. The number of unbranched alkanes of at least 4 members (excludes halogenated alkanes) is 18. The monoisotopic (exact) mass is 607 g/mol. The first kappa shape index (κ1) is 40.0. The summed E-state index contributed by atoms with van der Waals surface area (Å²) in [6.07, 6.45) is 23.3. The molecule has 2 atom stereocenters. The summed E-state index contributed by atoms with van der Waals surface area (Å²) in [4.78, 5) is 33.5. The Balaban J connectivity index is 3.64. The fourth-order valence-electron chi connectivity index (χ4n) is 4.50. The summed E-state index contributed by atoms with van der Waals surface area (Å²) >= 11 is 0. The van der Waals surface area contributed by atoms with Crippen LogP contribution in [0.25, 0.3) is 0 Å². The molecule has 0 aromatic rings. The third kappa shape index (κ3) is 30.3. The lowest BCUT2D eigenvalue weighted by Crippen LogP contribution is -2.27. The maximum absolute atomic E-state index is 12.0. The highest BCUT2D eigenvalue weighted by molar-refractivity contribution is 7.47. The Kier molecular flexibility index (Phi) is 28.4. The molecule has 0 saturated carbocycles. The minimum atomic E-state index is -4.39. The van der Waals surface area contributed by atoms with Crippen LogP contribution in [0, 0.1) is 0 Å². The number of phosphoric acid groups is 1. The van der Waals surface area contributed by atoms with E-state index in [2.05, 4.69) is 19.2 Å². The third-order valence-electron chi connectivity index (χ3n) is 7.04. The highest BCUT2D eigenvalue weighted by Gasteiger charge is 2.23. The van der Waals surface area contributed by atoms with Gasteiger partial charge in [0, 0.05) is 19.4 Å². The molecule has 41 heavy (non-hydrogen) atoms. The Morgan fingerprint density at radius 2 is 1.10 bits per heavy atom. The molecule has 244 valence electrons. The van der Waals surface area contributed by atoms with Crippen LogP contribution >= 0.6 is 7.82 Å². The number of carbonyl (C=O) groups excluding carboxylic acids is 2. The second-order valence-corrected chi connectivity index (χ2v) is 12.6. The van der Waals surface area contributed by atoms with E-state index in [1.165, 1.54) is 89.9 Å². The first-order valence-electron chi connectivity index (χ1n) is 16.5. The topological polar surface area (TPSA) is 131 Å². The number of hydrogen-bond acceptors (Lipinski definition) is 7. The van der Waals surface area contributed by atoms with Crippen LogP contribution in [0.15, 0.2) is 0 Å². The van der Waals surface area contributed by atoms with Crippen LogP contribution in [0.3, 0.4) is 0 Å². The lowest BCUT2D eigenvalue weighted by molar-refractivity contribution is -0.147. The summed E-state index contributed by atoms with van der Waals surface area (Å²) in [5.41, 5.74) is 0. The van der Waals surface area contributed by atoms with Crippen molar-refractivity contribution in [2.75, 3.05) is 26.4 Å². The van der Waals surface area contributed by atoms with Gasteiger partial charge in [-0.2, -0.15) is 0 Å². The summed E-state index contributed by atoms with van der Waals surface area (Å²) in [5.74, 6) is -0.517. The van der Waals surface area contributed by atoms with Crippen LogP contribution in [0.1, 0.15) is 155 Å². The lowest BCUT2D eigenvalue weighted by atomic mass is 10.0. The number of hydrogen-bond donors (Lipinski definition) is 3. The van der Waals surface area contributed by atoms with Crippen LogP contribution in [0.5, 0.6) is 0 Å². The molecule has 0 heterocycles. The molecular formula is C31H62NO8P. The second kappa shape index (κ2) is 29.1. The first-order chi connectivity index (χ1) is 19.8. The highest BCUT2D eigenvalue weighted by Crippen LogP contribution is 2.42. The Morgan fingerprint density at radius 3 is 1.59 bits per heavy atom. The number of nitrogens with one attached hydrogen (secondary N) is 1. The van der Waals surface area contributed by atoms with Crippen molar-refractivity contribution in [3.05, 3.63) is 0 Å². The number of esters is 1. The number of phosphoric ester groups is 1. The quantitative estimate of drug-likeness (QED) is 0.0414. The zero-order chi connectivity index (χ0) is 30.4. The van der Waals surface area contributed by atoms with Gasteiger partial charge in [-0.15, -0.1) is 0 Å². The van der Waals surface area contributed by atoms with Gasteiger partial charge in [0.1, 0.15) is 12.7 Å². The molecular weight excluding hydrogens is 545 g/mol. The van der Waals surface area contributed by atoms with E-state index < -0.39 is 26.5 Å².